The molecule has 0 radical (unpaired) electrons. The van der Waals surface area contributed by atoms with E-state index in [1.54, 1.807) is 7.11 Å². The highest BCUT2D eigenvalue weighted by Gasteiger charge is 2.15. The summed E-state index contributed by atoms with van der Waals surface area (Å²) in [4.78, 5) is 10.5. The molecule has 0 aromatic heterocycles. The lowest BCUT2D eigenvalue weighted by Gasteiger charge is -2.23. The predicted octanol–water partition coefficient (Wildman–Crippen LogP) is 5.80. The van der Waals surface area contributed by atoms with Crippen LogP contribution in [0.4, 0.5) is 4.79 Å². The number of methoxy groups -OCH3 is 1. The molecule has 0 heterocycles. The Morgan fingerprint density at radius 1 is 1.06 bits per heavy atom. The molecule has 0 saturated heterocycles. The first-order chi connectivity index (χ1) is 15.8. The molecule has 33 heavy (non-hydrogen) atoms. The molecule has 0 unspecified atom stereocenters. The van der Waals surface area contributed by atoms with E-state index in [4.69, 9.17) is 14.7 Å². The molecule has 6 heteroatoms. The summed E-state index contributed by atoms with van der Waals surface area (Å²) in [6, 6.07) is 16.8. The zero-order chi connectivity index (χ0) is 24.3. The monoisotopic (exact) mass is 451 g/mol. The molecule has 0 spiro atoms. The summed E-state index contributed by atoms with van der Waals surface area (Å²) in [5.74, 6) is 0.927. The molecule has 6 nitrogen and oxygen atoms in total. The van der Waals surface area contributed by atoms with Crippen LogP contribution in [-0.2, 0) is 11.3 Å². The van der Waals surface area contributed by atoms with Crippen molar-refractivity contribution in [3.05, 3.63) is 53.6 Å². The van der Waals surface area contributed by atoms with Crippen LogP contribution in [0.5, 0.6) is 5.75 Å². The zero-order valence-electron chi connectivity index (χ0n) is 20.5. The van der Waals surface area contributed by atoms with E-state index < -0.39 is 0 Å². The van der Waals surface area contributed by atoms with E-state index >= 15 is 0 Å². The van der Waals surface area contributed by atoms with Gasteiger partial charge in [-0.25, -0.2) is 4.79 Å². The minimum absolute atomic E-state index is 0.387. The van der Waals surface area contributed by atoms with Crippen molar-refractivity contribution in [1.82, 2.24) is 10.6 Å². The minimum atomic E-state index is -0.389. The van der Waals surface area contributed by atoms with Gasteiger partial charge in [-0.15, -0.1) is 0 Å². The molecule has 2 aromatic rings. The van der Waals surface area contributed by atoms with E-state index in [1.165, 1.54) is 44.7 Å². The SMILES string of the molecule is CNC(=O)OC(C)(C)C.COc1ccc(-c2ccc(C#N)cc2)cc1CNC1CCCCC1. The Kier molecular flexibility index (Phi) is 10.2. The minimum Gasteiger partial charge on any atom is -0.496 e. The molecule has 1 fully saturated rings. The van der Waals surface area contributed by atoms with Crippen LogP contribution >= 0.6 is 0 Å². The third-order valence-electron chi connectivity index (χ3n) is 5.42. The van der Waals surface area contributed by atoms with Gasteiger partial charge in [-0.3, -0.25) is 0 Å². The molecule has 0 atom stereocenters. The molecular weight excluding hydrogens is 414 g/mol. The number of hydrogen-bond acceptors (Lipinski definition) is 5. The fourth-order valence-electron chi connectivity index (χ4n) is 3.72. The summed E-state index contributed by atoms with van der Waals surface area (Å²) in [6.07, 6.45) is 6.20. The lowest BCUT2D eigenvalue weighted by Crippen LogP contribution is -2.30. The molecule has 0 bridgehead atoms. The number of ether oxygens (including phenoxy) is 2. The van der Waals surface area contributed by atoms with Crippen LogP contribution in [0.1, 0.15) is 64.0 Å². The van der Waals surface area contributed by atoms with Crippen LogP contribution in [0, 0.1) is 11.3 Å². The van der Waals surface area contributed by atoms with Crippen molar-refractivity contribution >= 4 is 6.09 Å². The number of nitrogens with zero attached hydrogens (tertiary/aromatic N) is 1. The van der Waals surface area contributed by atoms with Gasteiger partial charge in [0, 0.05) is 25.2 Å². The van der Waals surface area contributed by atoms with Crippen LogP contribution in [0.2, 0.25) is 0 Å². The number of carbonyl (C=O) groups is 1. The van der Waals surface area contributed by atoms with Gasteiger partial charge in [-0.05, 0) is 69.0 Å². The fraction of sp³-hybridized carbons (Fsp3) is 0.481. The largest absolute Gasteiger partial charge is 0.496 e. The molecule has 1 aliphatic rings. The van der Waals surface area contributed by atoms with Crippen molar-refractivity contribution in [3.8, 4) is 22.9 Å². The number of nitriles is 1. The summed E-state index contributed by atoms with van der Waals surface area (Å²) < 4.78 is 10.4. The summed E-state index contributed by atoms with van der Waals surface area (Å²) in [7, 11) is 3.26. The first-order valence-corrected chi connectivity index (χ1v) is 11.6. The van der Waals surface area contributed by atoms with E-state index in [-0.39, 0.29) is 11.7 Å². The number of amides is 1. The number of rotatable bonds is 5. The van der Waals surface area contributed by atoms with Gasteiger partial charge in [0.25, 0.3) is 0 Å². The van der Waals surface area contributed by atoms with E-state index in [0.29, 0.717) is 11.6 Å². The lowest BCUT2D eigenvalue weighted by atomic mass is 9.95. The average molecular weight is 452 g/mol. The van der Waals surface area contributed by atoms with Crippen molar-refractivity contribution in [2.45, 2.75) is 71.1 Å². The van der Waals surface area contributed by atoms with Gasteiger partial charge in [0.15, 0.2) is 0 Å². The number of nitrogens with one attached hydrogen (secondary N) is 2. The number of alkyl carbamates (subject to hydrolysis) is 1. The first-order valence-electron chi connectivity index (χ1n) is 11.6. The molecule has 0 aliphatic heterocycles. The second-order valence-electron chi connectivity index (χ2n) is 9.18. The normalized spacial score (nSPS) is 13.8. The van der Waals surface area contributed by atoms with E-state index in [1.807, 2.05) is 51.1 Å². The van der Waals surface area contributed by atoms with Crippen LogP contribution in [0.25, 0.3) is 11.1 Å². The average Bonchev–Trinajstić information content (AvgIpc) is 2.82. The van der Waals surface area contributed by atoms with Crippen LogP contribution in [0.15, 0.2) is 42.5 Å². The predicted molar refractivity (Wildman–Crippen MR) is 132 cm³/mol. The van der Waals surface area contributed by atoms with Crippen LogP contribution in [-0.4, -0.2) is 31.9 Å². The zero-order valence-corrected chi connectivity index (χ0v) is 20.5. The summed E-state index contributed by atoms with van der Waals surface area (Å²) in [5, 5.41) is 15.0. The van der Waals surface area contributed by atoms with Crippen LogP contribution in [0.3, 0.4) is 0 Å². The second-order valence-corrected chi connectivity index (χ2v) is 9.18. The Hall–Kier alpha value is -3.04. The van der Waals surface area contributed by atoms with Gasteiger partial charge < -0.3 is 20.1 Å². The van der Waals surface area contributed by atoms with Gasteiger partial charge in [0.05, 0.1) is 18.7 Å². The number of hydrogen-bond donors (Lipinski definition) is 2. The van der Waals surface area contributed by atoms with E-state index in [9.17, 15) is 4.79 Å². The maximum atomic E-state index is 10.5. The summed E-state index contributed by atoms with van der Waals surface area (Å²) >= 11 is 0. The van der Waals surface area contributed by atoms with Gasteiger partial charge in [-0.2, -0.15) is 5.26 Å². The summed E-state index contributed by atoms with van der Waals surface area (Å²) in [6.45, 7) is 6.30. The Labute approximate surface area is 198 Å². The molecule has 178 valence electrons. The third kappa shape index (κ3) is 9.15. The number of benzene rings is 2. The van der Waals surface area contributed by atoms with Crippen molar-refractivity contribution in [2.75, 3.05) is 14.2 Å². The highest BCUT2D eigenvalue weighted by atomic mass is 16.6. The van der Waals surface area contributed by atoms with Gasteiger partial charge >= 0.3 is 6.09 Å². The topological polar surface area (TPSA) is 83.4 Å². The fourth-order valence-corrected chi connectivity index (χ4v) is 3.72. The molecule has 1 aliphatic carbocycles. The Bertz CT molecular complexity index is 921. The van der Waals surface area contributed by atoms with Crippen molar-refractivity contribution < 1.29 is 14.3 Å². The van der Waals surface area contributed by atoms with Gasteiger partial charge in [0.1, 0.15) is 11.4 Å². The smallest absolute Gasteiger partial charge is 0.407 e. The van der Waals surface area contributed by atoms with E-state index in [0.717, 1.165) is 23.4 Å². The molecule has 2 aromatic carbocycles. The Morgan fingerprint density at radius 3 is 2.21 bits per heavy atom. The van der Waals surface area contributed by atoms with Crippen molar-refractivity contribution in [2.24, 2.45) is 0 Å². The highest BCUT2D eigenvalue weighted by molar-refractivity contribution is 5.67. The quantitative estimate of drug-likeness (QED) is 0.600. The van der Waals surface area contributed by atoms with Crippen molar-refractivity contribution in [1.29, 1.82) is 5.26 Å². The molecule has 2 N–H and O–H groups in total. The molecule has 3 rings (SSSR count). The highest BCUT2D eigenvalue weighted by Crippen LogP contribution is 2.27. The standard InChI is InChI=1S/C21H24N2O.C6H13NO2/c1-24-21-12-11-18(17-9-7-16(14-22)8-10-17)13-19(21)15-23-20-5-3-2-4-6-20;1-6(2,3)9-5(8)7-4/h7-13,20,23H,2-6,15H2,1H3;1-4H3,(H,7,8). The Balaban J connectivity index is 0.000000365. The molecule has 1 saturated carbocycles. The summed E-state index contributed by atoms with van der Waals surface area (Å²) in [5.41, 5.74) is 3.76. The maximum Gasteiger partial charge on any atom is 0.407 e. The molecule has 1 amide bonds. The third-order valence-corrected chi connectivity index (χ3v) is 5.42. The first kappa shape index (κ1) is 26.2. The van der Waals surface area contributed by atoms with Gasteiger partial charge in [0.2, 0.25) is 0 Å². The number of carbonyl (C=O) groups excluding carboxylic acids is 1. The van der Waals surface area contributed by atoms with E-state index in [2.05, 4.69) is 28.8 Å². The van der Waals surface area contributed by atoms with Crippen LogP contribution < -0.4 is 15.4 Å². The van der Waals surface area contributed by atoms with Gasteiger partial charge in [-0.1, -0.05) is 37.5 Å². The van der Waals surface area contributed by atoms with Crippen molar-refractivity contribution in [3.63, 3.8) is 0 Å². The molecular formula is C27H37N3O3. The lowest BCUT2D eigenvalue weighted by molar-refractivity contribution is 0.0541. The maximum absolute atomic E-state index is 10.5. The Morgan fingerprint density at radius 2 is 1.70 bits per heavy atom. The second kappa shape index (κ2) is 12.9.